The van der Waals surface area contributed by atoms with Gasteiger partial charge in [-0.2, -0.15) is 0 Å². The second-order valence-corrected chi connectivity index (χ2v) is 6.78. The number of thiazole rings is 1. The number of aromatic nitrogens is 2. The molecule has 3 heterocycles. The van der Waals surface area contributed by atoms with Crippen molar-refractivity contribution in [1.29, 1.82) is 0 Å². The number of pyridine rings is 1. The van der Waals surface area contributed by atoms with Gasteiger partial charge in [-0.25, -0.2) is 9.97 Å². The molecule has 3 N–H and O–H groups in total. The Morgan fingerprint density at radius 3 is 3.17 bits per heavy atom. The highest BCUT2D eigenvalue weighted by atomic mass is 35.5. The maximum atomic E-state index is 11.6. The van der Waals surface area contributed by atoms with Crippen LogP contribution >= 0.6 is 22.9 Å². The van der Waals surface area contributed by atoms with Crippen molar-refractivity contribution in [3.63, 3.8) is 0 Å². The van der Waals surface area contributed by atoms with Gasteiger partial charge in [-0.3, -0.25) is 4.79 Å². The molecule has 0 spiro atoms. The van der Waals surface area contributed by atoms with Gasteiger partial charge >= 0.3 is 0 Å². The van der Waals surface area contributed by atoms with Crippen LogP contribution in [0.25, 0.3) is 0 Å². The minimum Gasteiger partial charge on any atom is -0.493 e. The largest absolute Gasteiger partial charge is 0.493 e. The Balaban J connectivity index is 1.74. The highest BCUT2D eigenvalue weighted by molar-refractivity contribution is 7.15. The SMILES string of the molecule is COc1cc(N2CCc3nc(NC(=O)CCN)sc3C2)cnc1Cl. The van der Waals surface area contributed by atoms with E-state index in [4.69, 9.17) is 22.1 Å². The first kappa shape index (κ1) is 16.9. The molecule has 0 radical (unpaired) electrons. The third-order valence-electron chi connectivity index (χ3n) is 3.73. The standard InChI is InChI=1S/C15H18ClN5O2S/c1-23-11-6-9(7-18-14(11)16)21-5-3-10-12(8-21)24-15(19-10)20-13(22)2-4-17/h6-7H,2-5,8,17H2,1H3,(H,19,20,22). The fraction of sp³-hybridized carbons (Fsp3) is 0.400. The summed E-state index contributed by atoms with van der Waals surface area (Å²) in [5, 5.41) is 3.78. The highest BCUT2D eigenvalue weighted by Gasteiger charge is 2.22. The van der Waals surface area contributed by atoms with Gasteiger partial charge in [-0.05, 0) is 0 Å². The molecule has 0 fully saturated rings. The Labute approximate surface area is 148 Å². The van der Waals surface area contributed by atoms with Crippen LogP contribution in [0.15, 0.2) is 12.3 Å². The van der Waals surface area contributed by atoms with E-state index in [-0.39, 0.29) is 5.91 Å². The van der Waals surface area contributed by atoms with Crippen molar-refractivity contribution in [2.45, 2.75) is 19.4 Å². The first-order valence-corrected chi connectivity index (χ1v) is 8.73. The lowest BCUT2D eigenvalue weighted by atomic mass is 10.1. The normalized spacial score (nSPS) is 13.5. The smallest absolute Gasteiger partial charge is 0.227 e. The number of rotatable bonds is 5. The lowest BCUT2D eigenvalue weighted by Crippen LogP contribution is -2.29. The van der Waals surface area contributed by atoms with Crippen LogP contribution < -0.4 is 20.7 Å². The zero-order valence-electron chi connectivity index (χ0n) is 13.2. The molecule has 128 valence electrons. The summed E-state index contributed by atoms with van der Waals surface area (Å²) in [6, 6.07) is 1.88. The minimum atomic E-state index is -0.105. The molecule has 7 nitrogen and oxygen atoms in total. The number of carbonyl (C=O) groups excluding carboxylic acids is 1. The first-order chi connectivity index (χ1) is 11.6. The molecule has 0 saturated heterocycles. The number of methoxy groups -OCH3 is 1. The lowest BCUT2D eigenvalue weighted by molar-refractivity contribution is -0.116. The van der Waals surface area contributed by atoms with Gasteiger partial charge in [0.05, 0.1) is 31.2 Å². The van der Waals surface area contributed by atoms with Crippen molar-refractivity contribution in [3.05, 3.63) is 28.0 Å². The summed E-state index contributed by atoms with van der Waals surface area (Å²) in [5.74, 6) is 0.450. The van der Waals surface area contributed by atoms with Crippen molar-refractivity contribution in [3.8, 4) is 5.75 Å². The Hall–Kier alpha value is -1.90. The van der Waals surface area contributed by atoms with E-state index < -0.39 is 0 Å². The zero-order chi connectivity index (χ0) is 17.1. The van der Waals surface area contributed by atoms with Crippen molar-refractivity contribution in [2.24, 2.45) is 5.73 Å². The van der Waals surface area contributed by atoms with Gasteiger partial charge in [0, 0.05) is 36.9 Å². The molecule has 1 amide bonds. The summed E-state index contributed by atoms with van der Waals surface area (Å²) in [7, 11) is 1.57. The van der Waals surface area contributed by atoms with Crippen LogP contribution in [0.2, 0.25) is 5.15 Å². The van der Waals surface area contributed by atoms with Crippen molar-refractivity contribution >= 4 is 39.7 Å². The van der Waals surface area contributed by atoms with Crippen LogP contribution in [-0.2, 0) is 17.8 Å². The summed E-state index contributed by atoms with van der Waals surface area (Å²) in [5.41, 5.74) is 7.37. The summed E-state index contributed by atoms with van der Waals surface area (Å²) in [6.07, 6.45) is 2.84. The fourth-order valence-corrected chi connectivity index (χ4v) is 3.74. The number of halogens is 1. The second-order valence-electron chi connectivity index (χ2n) is 5.33. The van der Waals surface area contributed by atoms with E-state index in [1.165, 1.54) is 11.3 Å². The molecule has 1 aliphatic rings. The van der Waals surface area contributed by atoms with Gasteiger partial charge in [-0.1, -0.05) is 22.9 Å². The highest BCUT2D eigenvalue weighted by Crippen LogP contribution is 2.33. The number of hydrogen-bond donors (Lipinski definition) is 2. The van der Waals surface area contributed by atoms with Crippen LogP contribution in [0, 0.1) is 0 Å². The Morgan fingerprint density at radius 1 is 1.58 bits per heavy atom. The van der Waals surface area contributed by atoms with E-state index in [2.05, 4.69) is 20.2 Å². The number of nitrogens with one attached hydrogen (secondary N) is 1. The summed E-state index contributed by atoms with van der Waals surface area (Å²) >= 11 is 7.48. The van der Waals surface area contributed by atoms with Crippen LogP contribution in [0.5, 0.6) is 5.75 Å². The van der Waals surface area contributed by atoms with Gasteiger partial charge in [0.1, 0.15) is 0 Å². The maximum absolute atomic E-state index is 11.6. The van der Waals surface area contributed by atoms with E-state index in [9.17, 15) is 4.79 Å². The molecule has 0 aromatic carbocycles. The molecular formula is C15H18ClN5O2S. The third kappa shape index (κ3) is 3.61. The van der Waals surface area contributed by atoms with Crippen LogP contribution in [0.1, 0.15) is 17.0 Å². The minimum absolute atomic E-state index is 0.105. The number of anilines is 2. The number of hydrogen-bond acceptors (Lipinski definition) is 7. The average molecular weight is 368 g/mol. The van der Waals surface area contributed by atoms with Crippen molar-refractivity contribution in [2.75, 3.05) is 30.4 Å². The molecule has 2 aromatic heterocycles. The Bertz CT molecular complexity index is 751. The van der Waals surface area contributed by atoms with Crippen molar-refractivity contribution in [1.82, 2.24) is 9.97 Å². The summed E-state index contributed by atoms with van der Waals surface area (Å²) < 4.78 is 5.23. The van der Waals surface area contributed by atoms with E-state index in [0.717, 1.165) is 29.2 Å². The van der Waals surface area contributed by atoms with E-state index in [0.29, 0.717) is 35.5 Å². The molecule has 0 bridgehead atoms. The Morgan fingerprint density at radius 2 is 2.42 bits per heavy atom. The maximum Gasteiger partial charge on any atom is 0.227 e. The number of carbonyl (C=O) groups is 1. The van der Waals surface area contributed by atoms with E-state index >= 15 is 0 Å². The van der Waals surface area contributed by atoms with Gasteiger partial charge in [0.25, 0.3) is 0 Å². The average Bonchev–Trinajstić information content (AvgIpc) is 2.96. The fourth-order valence-electron chi connectivity index (χ4n) is 2.52. The predicted octanol–water partition coefficient (Wildman–Crippen LogP) is 2.05. The molecule has 9 heteroatoms. The van der Waals surface area contributed by atoms with Gasteiger partial charge in [-0.15, -0.1) is 0 Å². The molecule has 3 rings (SSSR count). The number of nitrogens with two attached hydrogens (primary N) is 1. The zero-order valence-corrected chi connectivity index (χ0v) is 14.8. The topological polar surface area (TPSA) is 93.4 Å². The summed E-state index contributed by atoms with van der Waals surface area (Å²) in [6.45, 7) is 1.86. The lowest BCUT2D eigenvalue weighted by Gasteiger charge is -2.28. The second kappa shape index (κ2) is 7.33. The van der Waals surface area contributed by atoms with Gasteiger partial charge in [0.2, 0.25) is 5.91 Å². The number of amides is 1. The molecule has 2 aromatic rings. The molecule has 24 heavy (non-hydrogen) atoms. The molecule has 0 unspecified atom stereocenters. The number of ether oxygens (including phenoxy) is 1. The van der Waals surface area contributed by atoms with Gasteiger partial charge in [0.15, 0.2) is 16.0 Å². The van der Waals surface area contributed by atoms with Crippen molar-refractivity contribution < 1.29 is 9.53 Å². The molecule has 0 atom stereocenters. The predicted molar refractivity (Wildman–Crippen MR) is 95.0 cm³/mol. The molecule has 0 saturated carbocycles. The van der Waals surface area contributed by atoms with E-state index in [1.807, 2.05) is 6.07 Å². The van der Waals surface area contributed by atoms with Crippen LogP contribution in [-0.4, -0.2) is 36.1 Å². The van der Waals surface area contributed by atoms with Crippen LogP contribution in [0.3, 0.4) is 0 Å². The molecule has 1 aliphatic heterocycles. The number of nitrogens with zero attached hydrogens (tertiary/aromatic N) is 3. The molecular weight excluding hydrogens is 350 g/mol. The number of fused-ring (bicyclic) bond motifs is 1. The quantitative estimate of drug-likeness (QED) is 0.785. The van der Waals surface area contributed by atoms with E-state index in [1.54, 1.807) is 13.3 Å². The first-order valence-electron chi connectivity index (χ1n) is 7.53. The Kier molecular flexibility index (Phi) is 5.17. The molecule has 0 aliphatic carbocycles. The van der Waals surface area contributed by atoms with Gasteiger partial charge < -0.3 is 20.7 Å². The summed E-state index contributed by atoms with van der Waals surface area (Å²) in [4.78, 5) is 23.6. The van der Waals surface area contributed by atoms with Crippen LogP contribution in [0.4, 0.5) is 10.8 Å². The third-order valence-corrected chi connectivity index (χ3v) is 5.01. The monoisotopic (exact) mass is 367 g/mol.